The van der Waals surface area contributed by atoms with E-state index in [2.05, 4.69) is 38.0 Å². The Morgan fingerprint density at radius 3 is 2.86 bits per heavy atom. The summed E-state index contributed by atoms with van der Waals surface area (Å²) >= 11 is 2.17. The number of halogens is 1. The SMILES string of the molecule is Cc1cnc2c(C(=O)Nc3cc4c(cc3OC(C)C)C(=O)N(CI)C4)cnn2c1. The molecule has 0 radical (unpaired) electrons. The third-order valence-corrected chi connectivity index (χ3v) is 5.39. The molecule has 3 heterocycles. The Hall–Kier alpha value is -2.69. The Morgan fingerprint density at radius 2 is 2.14 bits per heavy atom. The minimum absolute atomic E-state index is 0.0249. The number of ether oxygens (including phenoxy) is 1. The highest BCUT2D eigenvalue weighted by Gasteiger charge is 2.29. The number of benzene rings is 1. The molecule has 0 fully saturated rings. The minimum atomic E-state index is -0.333. The standard InChI is InChI=1S/C20H20IN5O3/c1-11(2)29-17-5-14-13(9-25(10-21)20(14)28)4-16(17)24-19(27)15-7-23-26-8-12(3)6-22-18(15)26/h4-8,11H,9-10H2,1-3H3,(H,24,27). The third kappa shape index (κ3) is 3.66. The van der Waals surface area contributed by atoms with Gasteiger partial charge in [0.15, 0.2) is 5.65 Å². The van der Waals surface area contributed by atoms with Gasteiger partial charge in [0.1, 0.15) is 11.3 Å². The quantitative estimate of drug-likeness (QED) is 0.326. The predicted molar refractivity (Wildman–Crippen MR) is 117 cm³/mol. The van der Waals surface area contributed by atoms with Crippen LogP contribution in [0.25, 0.3) is 5.65 Å². The highest BCUT2D eigenvalue weighted by atomic mass is 127. The highest BCUT2D eigenvalue weighted by Crippen LogP contribution is 2.35. The molecule has 0 bridgehead atoms. The molecule has 1 N–H and O–H groups in total. The van der Waals surface area contributed by atoms with Gasteiger partial charge in [-0.15, -0.1) is 0 Å². The van der Waals surface area contributed by atoms with Crippen LogP contribution in [-0.4, -0.2) is 42.0 Å². The first-order valence-electron chi connectivity index (χ1n) is 9.17. The molecule has 0 spiro atoms. The second-order valence-electron chi connectivity index (χ2n) is 7.21. The maximum absolute atomic E-state index is 13.0. The van der Waals surface area contributed by atoms with Gasteiger partial charge in [-0.3, -0.25) is 9.59 Å². The number of aryl methyl sites for hydroxylation is 1. The summed E-state index contributed by atoms with van der Waals surface area (Å²) in [5.74, 6) is 0.110. The Kier molecular flexibility index (Phi) is 5.15. The molecule has 4 rings (SSSR count). The summed E-state index contributed by atoms with van der Waals surface area (Å²) in [6, 6.07) is 3.54. The largest absolute Gasteiger partial charge is 0.489 e. The Bertz CT molecular complexity index is 1120. The molecular formula is C20H20IN5O3. The molecule has 1 aliphatic heterocycles. The lowest BCUT2D eigenvalue weighted by Crippen LogP contribution is -2.21. The van der Waals surface area contributed by atoms with Gasteiger partial charge in [-0.05, 0) is 44.0 Å². The number of aromatic nitrogens is 3. The average molecular weight is 505 g/mol. The molecule has 2 amide bonds. The van der Waals surface area contributed by atoms with Crippen molar-refractivity contribution in [1.29, 1.82) is 0 Å². The second-order valence-corrected chi connectivity index (χ2v) is 7.89. The molecule has 150 valence electrons. The zero-order valence-electron chi connectivity index (χ0n) is 16.3. The van der Waals surface area contributed by atoms with Crippen molar-refractivity contribution >= 4 is 45.7 Å². The molecule has 29 heavy (non-hydrogen) atoms. The van der Waals surface area contributed by atoms with E-state index in [0.717, 1.165) is 11.1 Å². The first-order valence-corrected chi connectivity index (χ1v) is 10.7. The first-order chi connectivity index (χ1) is 13.9. The summed E-state index contributed by atoms with van der Waals surface area (Å²) in [6.07, 6.45) is 4.89. The van der Waals surface area contributed by atoms with E-state index >= 15 is 0 Å². The highest BCUT2D eigenvalue weighted by molar-refractivity contribution is 14.1. The summed E-state index contributed by atoms with van der Waals surface area (Å²) in [5, 5.41) is 7.13. The van der Waals surface area contributed by atoms with Gasteiger partial charge in [0.05, 0.1) is 22.5 Å². The molecule has 8 nitrogen and oxygen atoms in total. The molecule has 0 unspecified atom stereocenters. The van der Waals surface area contributed by atoms with Crippen molar-refractivity contribution in [2.45, 2.75) is 33.4 Å². The summed E-state index contributed by atoms with van der Waals surface area (Å²) < 4.78 is 8.06. The number of nitrogens with zero attached hydrogens (tertiary/aromatic N) is 4. The van der Waals surface area contributed by atoms with Gasteiger partial charge in [0, 0.05) is 24.5 Å². The molecule has 3 aromatic rings. The monoisotopic (exact) mass is 505 g/mol. The average Bonchev–Trinajstić information content (AvgIpc) is 3.22. The summed E-state index contributed by atoms with van der Waals surface area (Å²) in [5.41, 5.74) is 3.80. The minimum Gasteiger partial charge on any atom is -0.489 e. The van der Waals surface area contributed by atoms with Gasteiger partial charge in [-0.25, -0.2) is 9.50 Å². The van der Waals surface area contributed by atoms with Crippen molar-refractivity contribution < 1.29 is 14.3 Å². The summed E-state index contributed by atoms with van der Waals surface area (Å²) in [4.78, 5) is 31.5. The van der Waals surface area contributed by atoms with Crippen molar-refractivity contribution in [3.63, 3.8) is 0 Å². The lowest BCUT2D eigenvalue weighted by molar-refractivity contribution is 0.0811. The van der Waals surface area contributed by atoms with Crippen LogP contribution in [0.4, 0.5) is 5.69 Å². The fourth-order valence-electron chi connectivity index (χ4n) is 3.27. The van der Waals surface area contributed by atoms with Crippen LogP contribution in [0.5, 0.6) is 5.75 Å². The van der Waals surface area contributed by atoms with E-state index in [9.17, 15) is 9.59 Å². The van der Waals surface area contributed by atoms with E-state index in [-0.39, 0.29) is 17.9 Å². The normalized spacial score (nSPS) is 13.3. The van der Waals surface area contributed by atoms with Crippen molar-refractivity contribution in [1.82, 2.24) is 19.5 Å². The molecule has 0 saturated heterocycles. The number of alkyl halides is 1. The van der Waals surface area contributed by atoms with Gasteiger partial charge < -0.3 is 15.0 Å². The molecule has 0 saturated carbocycles. The van der Waals surface area contributed by atoms with Gasteiger partial charge in [0.2, 0.25) is 0 Å². The van der Waals surface area contributed by atoms with E-state index in [4.69, 9.17) is 4.74 Å². The van der Waals surface area contributed by atoms with Crippen LogP contribution in [0, 0.1) is 6.92 Å². The molecule has 1 aliphatic rings. The predicted octanol–water partition coefficient (Wildman–Crippen LogP) is 3.43. The zero-order chi connectivity index (χ0) is 20.7. The van der Waals surface area contributed by atoms with Crippen LogP contribution in [0.15, 0.2) is 30.7 Å². The maximum atomic E-state index is 13.0. The molecule has 1 aromatic carbocycles. The van der Waals surface area contributed by atoms with Crippen LogP contribution in [0.2, 0.25) is 0 Å². The number of hydrogen-bond acceptors (Lipinski definition) is 5. The fraction of sp³-hybridized carbons (Fsp3) is 0.300. The number of fused-ring (bicyclic) bond motifs is 2. The van der Waals surface area contributed by atoms with Crippen LogP contribution in [0.1, 0.15) is 45.7 Å². The lowest BCUT2D eigenvalue weighted by Gasteiger charge is -2.16. The Morgan fingerprint density at radius 1 is 1.34 bits per heavy atom. The van der Waals surface area contributed by atoms with Crippen molar-refractivity contribution in [2.24, 2.45) is 0 Å². The second kappa shape index (κ2) is 7.62. The Balaban J connectivity index is 1.70. The third-order valence-electron chi connectivity index (χ3n) is 4.57. The van der Waals surface area contributed by atoms with Crippen LogP contribution >= 0.6 is 22.6 Å². The fourth-order valence-corrected chi connectivity index (χ4v) is 3.82. The number of amides is 2. The number of rotatable bonds is 5. The zero-order valence-corrected chi connectivity index (χ0v) is 18.4. The maximum Gasteiger partial charge on any atom is 0.261 e. The van der Waals surface area contributed by atoms with Crippen LogP contribution in [-0.2, 0) is 6.54 Å². The number of nitrogens with one attached hydrogen (secondary N) is 1. The van der Waals surface area contributed by atoms with Crippen molar-refractivity contribution in [3.8, 4) is 5.75 Å². The molecule has 0 atom stereocenters. The van der Waals surface area contributed by atoms with E-state index < -0.39 is 0 Å². The van der Waals surface area contributed by atoms with Gasteiger partial charge in [-0.2, -0.15) is 5.10 Å². The van der Waals surface area contributed by atoms with Crippen molar-refractivity contribution in [3.05, 3.63) is 53.0 Å². The van der Waals surface area contributed by atoms with Gasteiger partial charge in [0.25, 0.3) is 11.8 Å². The van der Waals surface area contributed by atoms with Gasteiger partial charge in [-0.1, -0.05) is 22.6 Å². The number of carbonyl (C=O) groups is 2. The first kappa shape index (κ1) is 19.6. The number of carbonyl (C=O) groups excluding carboxylic acids is 2. The van der Waals surface area contributed by atoms with E-state index in [1.54, 1.807) is 21.7 Å². The van der Waals surface area contributed by atoms with Crippen LogP contribution in [0.3, 0.4) is 0 Å². The molecule has 0 aliphatic carbocycles. The summed E-state index contributed by atoms with van der Waals surface area (Å²) in [7, 11) is 0. The molecular weight excluding hydrogens is 485 g/mol. The lowest BCUT2D eigenvalue weighted by atomic mass is 10.1. The smallest absolute Gasteiger partial charge is 0.261 e. The van der Waals surface area contributed by atoms with Crippen molar-refractivity contribution in [2.75, 3.05) is 9.87 Å². The number of hydrogen-bond donors (Lipinski definition) is 1. The molecule has 9 heteroatoms. The Labute approximate surface area is 181 Å². The molecule has 2 aromatic heterocycles. The van der Waals surface area contributed by atoms with Crippen LogP contribution < -0.4 is 10.1 Å². The number of anilines is 1. The van der Waals surface area contributed by atoms with Gasteiger partial charge >= 0.3 is 0 Å². The van der Waals surface area contributed by atoms with E-state index in [1.165, 1.54) is 6.20 Å². The van der Waals surface area contributed by atoms with E-state index in [1.807, 2.05) is 33.0 Å². The summed E-state index contributed by atoms with van der Waals surface area (Å²) in [6.45, 7) is 6.22. The van der Waals surface area contributed by atoms with E-state index in [0.29, 0.717) is 39.3 Å². The topological polar surface area (TPSA) is 88.8 Å².